The largest absolute Gasteiger partial charge is 0.455 e. The molecule has 2 rings (SSSR count). The minimum atomic E-state index is -0.960. The number of hydrogen-bond donors (Lipinski definition) is 1. The third-order valence-electron chi connectivity index (χ3n) is 2.09. The van der Waals surface area contributed by atoms with E-state index in [0.29, 0.717) is 11.4 Å². The second kappa shape index (κ2) is 4.71. The van der Waals surface area contributed by atoms with Gasteiger partial charge >= 0.3 is 0 Å². The summed E-state index contributed by atoms with van der Waals surface area (Å²) in [6.07, 6.45) is 0. The summed E-state index contributed by atoms with van der Waals surface area (Å²) in [5.74, 6) is -1.29. The maximum atomic E-state index is 13.0. The minimum absolute atomic E-state index is 0.193. The van der Waals surface area contributed by atoms with Crippen molar-refractivity contribution in [2.45, 2.75) is 0 Å². The Hall–Kier alpha value is -1.62. The van der Waals surface area contributed by atoms with E-state index < -0.39 is 11.6 Å². The first-order chi connectivity index (χ1) is 8.06. The van der Waals surface area contributed by atoms with Gasteiger partial charge in [0, 0.05) is 10.5 Å². The standard InChI is InChI=1S/C12H8BrF2NO/c13-7-1-4-12(11(16)5-7)17-8-2-3-9(14)10(15)6-8/h1-6H,16H2. The molecule has 0 aliphatic carbocycles. The van der Waals surface area contributed by atoms with Gasteiger partial charge in [0.1, 0.15) is 11.5 Å². The summed E-state index contributed by atoms with van der Waals surface area (Å²) in [6.45, 7) is 0. The lowest BCUT2D eigenvalue weighted by atomic mass is 10.3. The van der Waals surface area contributed by atoms with Crippen LogP contribution in [0, 0.1) is 11.6 Å². The van der Waals surface area contributed by atoms with Gasteiger partial charge in [0.05, 0.1) is 5.69 Å². The highest BCUT2D eigenvalue weighted by atomic mass is 79.9. The van der Waals surface area contributed by atoms with Crippen molar-refractivity contribution in [3.05, 3.63) is 52.5 Å². The van der Waals surface area contributed by atoms with Crippen LogP contribution >= 0.6 is 15.9 Å². The third-order valence-corrected chi connectivity index (χ3v) is 2.58. The fourth-order valence-electron chi connectivity index (χ4n) is 1.28. The van der Waals surface area contributed by atoms with Gasteiger partial charge in [-0.15, -0.1) is 0 Å². The molecule has 5 heteroatoms. The molecule has 0 spiro atoms. The van der Waals surface area contributed by atoms with Gasteiger partial charge in [-0.05, 0) is 30.3 Å². The summed E-state index contributed by atoms with van der Waals surface area (Å²) in [5.41, 5.74) is 6.12. The Labute approximate surface area is 105 Å². The number of rotatable bonds is 2. The zero-order valence-corrected chi connectivity index (χ0v) is 10.2. The summed E-state index contributed by atoms with van der Waals surface area (Å²) in [7, 11) is 0. The number of anilines is 1. The van der Waals surface area contributed by atoms with Crippen LogP contribution in [0.2, 0.25) is 0 Å². The molecule has 17 heavy (non-hydrogen) atoms. The van der Waals surface area contributed by atoms with Crippen LogP contribution in [0.25, 0.3) is 0 Å². The molecule has 0 heterocycles. The van der Waals surface area contributed by atoms with Crippen molar-refractivity contribution in [1.29, 1.82) is 0 Å². The summed E-state index contributed by atoms with van der Waals surface area (Å²) in [4.78, 5) is 0. The molecule has 0 radical (unpaired) electrons. The molecule has 2 aromatic carbocycles. The zero-order valence-electron chi connectivity index (χ0n) is 8.58. The molecule has 0 atom stereocenters. The second-order valence-corrected chi connectivity index (χ2v) is 4.28. The summed E-state index contributed by atoms with van der Waals surface area (Å²) < 4.78 is 31.8. The monoisotopic (exact) mass is 299 g/mol. The smallest absolute Gasteiger partial charge is 0.162 e. The van der Waals surface area contributed by atoms with Gasteiger partial charge in [0.25, 0.3) is 0 Å². The molecule has 2 nitrogen and oxygen atoms in total. The molecule has 0 aliphatic heterocycles. The Morgan fingerprint density at radius 1 is 1.00 bits per heavy atom. The molecule has 88 valence electrons. The van der Waals surface area contributed by atoms with Crippen molar-refractivity contribution in [2.24, 2.45) is 0 Å². The topological polar surface area (TPSA) is 35.2 Å². The lowest BCUT2D eigenvalue weighted by Crippen LogP contribution is -1.93. The highest BCUT2D eigenvalue weighted by Crippen LogP contribution is 2.30. The van der Waals surface area contributed by atoms with Gasteiger partial charge in [-0.2, -0.15) is 0 Å². The molecule has 0 saturated carbocycles. The van der Waals surface area contributed by atoms with Gasteiger partial charge in [0.15, 0.2) is 11.6 Å². The average Bonchev–Trinajstić information content (AvgIpc) is 2.27. The second-order valence-electron chi connectivity index (χ2n) is 3.36. The molecule has 2 N–H and O–H groups in total. The lowest BCUT2D eigenvalue weighted by Gasteiger charge is -2.08. The first kappa shape index (κ1) is 11.9. The minimum Gasteiger partial charge on any atom is -0.455 e. The quantitative estimate of drug-likeness (QED) is 0.847. The van der Waals surface area contributed by atoms with E-state index in [1.807, 2.05) is 0 Å². The lowest BCUT2D eigenvalue weighted by molar-refractivity contribution is 0.463. The Kier molecular flexibility index (Phi) is 3.28. The number of halogens is 3. The Balaban J connectivity index is 2.28. The van der Waals surface area contributed by atoms with Crippen molar-refractivity contribution < 1.29 is 13.5 Å². The summed E-state index contributed by atoms with van der Waals surface area (Å²) >= 11 is 3.26. The van der Waals surface area contributed by atoms with E-state index >= 15 is 0 Å². The number of benzene rings is 2. The summed E-state index contributed by atoms with van der Waals surface area (Å²) in [5, 5.41) is 0. The fraction of sp³-hybridized carbons (Fsp3) is 0. The maximum Gasteiger partial charge on any atom is 0.162 e. The van der Waals surface area contributed by atoms with Crippen LogP contribution in [0.4, 0.5) is 14.5 Å². The van der Waals surface area contributed by atoms with Crippen molar-refractivity contribution >= 4 is 21.6 Å². The van der Waals surface area contributed by atoms with Gasteiger partial charge < -0.3 is 10.5 Å². The molecule has 2 aromatic rings. The maximum absolute atomic E-state index is 13.0. The van der Waals surface area contributed by atoms with Crippen LogP contribution in [-0.4, -0.2) is 0 Å². The van der Waals surface area contributed by atoms with Crippen LogP contribution in [-0.2, 0) is 0 Å². The number of hydrogen-bond acceptors (Lipinski definition) is 2. The highest BCUT2D eigenvalue weighted by Gasteiger charge is 2.06. The van der Waals surface area contributed by atoms with Crippen molar-refractivity contribution in [1.82, 2.24) is 0 Å². The first-order valence-electron chi connectivity index (χ1n) is 4.74. The van der Waals surface area contributed by atoms with E-state index in [2.05, 4.69) is 15.9 Å². The van der Waals surface area contributed by atoms with Crippen LogP contribution in [0.1, 0.15) is 0 Å². The summed E-state index contributed by atoms with van der Waals surface area (Å²) in [6, 6.07) is 8.35. The molecular formula is C12H8BrF2NO. The molecular weight excluding hydrogens is 292 g/mol. The molecule has 0 bridgehead atoms. The van der Waals surface area contributed by atoms with E-state index in [1.165, 1.54) is 6.07 Å². The molecule has 0 saturated heterocycles. The van der Waals surface area contributed by atoms with Crippen LogP contribution < -0.4 is 10.5 Å². The normalized spacial score (nSPS) is 10.3. The predicted octanol–water partition coefficient (Wildman–Crippen LogP) is 4.10. The predicted molar refractivity (Wildman–Crippen MR) is 65.0 cm³/mol. The van der Waals surface area contributed by atoms with E-state index in [1.54, 1.807) is 18.2 Å². The number of ether oxygens (including phenoxy) is 1. The molecule has 0 fully saturated rings. The van der Waals surface area contributed by atoms with Crippen LogP contribution in [0.3, 0.4) is 0 Å². The van der Waals surface area contributed by atoms with E-state index in [-0.39, 0.29) is 5.75 Å². The highest BCUT2D eigenvalue weighted by molar-refractivity contribution is 9.10. The fourth-order valence-corrected chi connectivity index (χ4v) is 1.66. The van der Waals surface area contributed by atoms with Crippen molar-refractivity contribution in [3.8, 4) is 11.5 Å². The molecule has 0 amide bonds. The number of nitrogen functional groups attached to an aromatic ring is 1. The zero-order chi connectivity index (χ0) is 12.4. The van der Waals surface area contributed by atoms with E-state index in [0.717, 1.165) is 16.6 Å². The molecule has 0 aliphatic rings. The Morgan fingerprint density at radius 2 is 1.76 bits per heavy atom. The van der Waals surface area contributed by atoms with Crippen molar-refractivity contribution in [2.75, 3.05) is 5.73 Å². The van der Waals surface area contributed by atoms with Gasteiger partial charge in [-0.25, -0.2) is 8.78 Å². The Bertz CT molecular complexity index is 560. The average molecular weight is 300 g/mol. The van der Waals surface area contributed by atoms with E-state index in [4.69, 9.17) is 10.5 Å². The number of nitrogens with two attached hydrogens (primary N) is 1. The van der Waals surface area contributed by atoms with Gasteiger partial charge in [-0.1, -0.05) is 15.9 Å². The van der Waals surface area contributed by atoms with E-state index in [9.17, 15) is 8.78 Å². The third kappa shape index (κ3) is 2.74. The van der Waals surface area contributed by atoms with Crippen LogP contribution in [0.15, 0.2) is 40.9 Å². The van der Waals surface area contributed by atoms with Crippen LogP contribution in [0.5, 0.6) is 11.5 Å². The molecule has 0 unspecified atom stereocenters. The van der Waals surface area contributed by atoms with Crippen molar-refractivity contribution in [3.63, 3.8) is 0 Å². The van der Waals surface area contributed by atoms with Gasteiger partial charge in [-0.3, -0.25) is 0 Å². The molecule has 0 aromatic heterocycles. The Morgan fingerprint density at radius 3 is 2.41 bits per heavy atom. The first-order valence-corrected chi connectivity index (χ1v) is 5.53. The SMILES string of the molecule is Nc1cc(Br)ccc1Oc1ccc(F)c(F)c1. The van der Waals surface area contributed by atoms with Gasteiger partial charge in [0.2, 0.25) is 0 Å².